The van der Waals surface area contributed by atoms with Crippen LogP contribution in [0.2, 0.25) is 10.0 Å². The number of carbonyl (C=O) groups is 1. The van der Waals surface area contributed by atoms with Gasteiger partial charge in [-0.05, 0) is 23.8 Å². The van der Waals surface area contributed by atoms with Gasteiger partial charge in [0, 0.05) is 28.0 Å². The average molecular weight is 295 g/mol. The number of hydrogen-bond donors (Lipinski definition) is 1. The Morgan fingerprint density at radius 2 is 1.89 bits per heavy atom. The largest absolute Gasteiger partial charge is 0.480 e. The molecule has 4 nitrogen and oxygen atoms in total. The molecule has 1 aromatic carbocycles. The number of nitriles is 1. The summed E-state index contributed by atoms with van der Waals surface area (Å²) in [5.41, 5.74) is 1.66. The van der Waals surface area contributed by atoms with Crippen molar-refractivity contribution >= 4 is 29.2 Å². The molecule has 0 aliphatic rings. The Balaban J connectivity index is 2.52. The Bertz CT molecular complexity index is 666. The number of aliphatic carboxylic acids is 1. The van der Waals surface area contributed by atoms with Gasteiger partial charge in [0.25, 0.3) is 0 Å². The molecule has 0 saturated carbocycles. The van der Waals surface area contributed by atoms with Crippen LogP contribution < -0.4 is 0 Å². The van der Waals surface area contributed by atoms with E-state index >= 15 is 0 Å². The van der Waals surface area contributed by atoms with E-state index in [4.69, 9.17) is 33.6 Å². The molecule has 6 heteroatoms. The van der Waals surface area contributed by atoms with Gasteiger partial charge < -0.3 is 9.67 Å². The summed E-state index contributed by atoms with van der Waals surface area (Å²) in [5, 5.41) is 18.8. The number of hydrogen-bond acceptors (Lipinski definition) is 2. The van der Waals surface area contributed by atoms with Crippen molar-refractivity contribution in [1.82, 2.24) is 4.57 Å². The van der Waals surface area contributed by atoms with Gasteiger partial charge in [0.2, 0.25) is 0 Å². The molecular weight excluding hydrogens is 287 g/mol. The van der Waals surface area contributed by atoms with Crippen LogP contribution in [-0.4, -0.2) is 15.6 Å². The number of carboxylic acids is 1. The van der Waals surface area contributed by atoms with Crippen LogP contribution in [0.4, 0.5) is 0 Å². The van der Waals surface area contributed by atoms with E-state index in [2.05, 4.69) is 0 Å². The fraction of sp³-hybridized carbons (Fsp3) is 0.0769. The van der Waals surface area contributed by atoms with Gasteiger partial charge in [-0.1, -0.05) is 23.2 Å². The summed E-state index contributed by atoms with van der Waals surface area (Å²) in [5.74, 6) is -0.977. The second-order valence-electron chi connectivity index (χ2n) is 3.92. The summed E-state index contributed by atoms with van der Waals surface area (Å²) in [6.07, 6.45) is 3.08. The zero-order valence-corrected chi connectivity index (χ0v) is 11.1. The molecule has 0 radical (unpaired) electrons. The predicted octanol–water partition coefficient (Wildman–Crippen LogP) is 3.42. The Labute approximate surface area is 119 Å². The number of nitrogens with zero attached hydrogens (tertiary/aromatic N) is 2. The molecule has 0 aliphatic carbocycles. The first-order chi connectivity index (χ1) is 8.99. The molecule has 1 N–H and O–H groups in total. The maximum Gasteiger partial charge on any atom is 0.323 e. The van der Waals surface area contributed by atoms with Crippen molar-refractivity contribution in [2.75, 3.05) is 0 Å². The van der Waals surface area contributed by atoms with Gasteiger partial charge in [0.1, 0.15) is 12.6 Å². The number of aromatic nitrogens is 1. The van der Waals surface area contributed by atoms with E-state index in [-0.39, 0.29) is 6.54 Å². The normalized spacial score (nSPS) is 10.2. The van der Waals surface area contributed by atoms with Gasteiger partial charge in [-0.2, -0.15) is 5.26 Å². The van der Waals surface area contributed by atoms with Gasteiger partial charge in [0.15, 0.2) is 0 Å². The molecule has 0 unspecified atom stereocenters. The van der Waals surface area contributed by atoms with Crippen molar-refractivity contribution in [2.45, 2.75) is 6.54 Å². The molecule has 2 rings (SSSR count). The maximum atomic E-state index is 10.7. The van der Waals surface area contributed by atoms with E-state index < -0.39 is 5.97 Å². The first-order valence-corrected chi connectivity index (χ1v) is 6.03. The highest BCUT2D eigenvalue weighted by atomic mass is 35.5. The van der Waals surface area contributed by atoms with Crippen LogP contribution in [0, 0.1) is 11.3 Å². The van der Waals surface area contributed by atoms with Crippen LogP contribution in [0.1, 0.15) is 5.56 Å². The van der Waals surface area contributed by atoms with Gasteiger partial charge in [-0.3, -0.25) is 4.79 Å². The minimum Gasteiger partial charge on any atom is -0.480 e. The zero-order valence-electron chi connectivity index (χ0n) is 9.60. The summed E-state index contributed by atoms with van der Waals surface area (Å²) < 4.78 is 1.44. The number of benzene rings is 1. The Kier molecular flexibility index (Phi) is 3.79. The Hall–Kier alpha value is -1.96. The van der Waals surface area contributed by atoms with E-state index in [0.717, 1.165) is 0 Å². The monoisotopic (exact) mass is 294 g/mol. The summed E-state index contributed by atoms with van der Waals surface area (Å²) in [6, 6.07) is 6.97. The standard InChI is InChI=1S/C13H8Cl2N2O2/c14-10-1-8(2-11(15)3-10)12-6-17(7-13(18)19)5-9(12)4-16/h1-3,5-6H,7H2,(H,18,19). The molecule has 0 amide bonds. The van der Waals surface area contributed by atoms with Crippen LogP contribution in [0.15, 0.2) is 30.6 Å². The van der Waals surface area contributed by atoms with Gasteiger partial charge in [-0.15, -0.1) is 0 Å². The van der Waals surface area contributed by atoms with E-state index in [0.29, 0.717) is 26.7 Å². The van der Waals surface area contributed by atoms with Crippen LogP contribution in [0.25, 0.3) is 11.1 Å². The van der Waals surface area contributed by atoms with Crippen molar-refractivity contribution in [3.63, 3.8) is 0 Å². The van der Waals surface area contributed by atoms with E-state index in [1.807, 2.05) is 6.07 Å². The second kappa shape index (κ2) is 5.35. The average Bonchev–Trinajstić information content (AvgIpc) is 2.69. The molecule has 0 spiro atoms. The molecule has 1 heterocycles. The minimum absolute atomic E-state index is 0.205. The van der Waals surface area contributed by atoms with Crippen LogP contribution in [0.5, 0.6) is 0 Å². The van der Waals surface area contributed by atoms with Crippen molar-refractivity contribution in [3.05, 3.63) is 46.2 Å². The summed E-state index contributed by atoms with van der Waals surface area (Å²) in [7, 11) is 0. The molecule has 0 aliphatic heterocycles. The molecule has 0 saturated heterocycles. The highest BCUT2D eigenvalue weighted by molar-refractivity contribution is 6.35. The smallest absolute Gasteiger partial charge is 0.323 e. The lowest BCUT2D eigenvalue weighted by atomic mass is 10.1. The Morgan fingerprint density at radius 1 is 1.26 bits per heavy atom. The third-order valence-electron chi connectivity index (χ3n) is 2.49. The van der Waals surface area contributed by atoms with Gasteiger partial charge >= 0.3 is 5.97 Å². The van der Waals surface area contributed by atoms with E-state index in [1.165, 1.54) is 10.8 Å². The second-order valence-corrected chi connectivity index (χ2v) is 4.79. The van der Waals surface area contributed by atoms with E-state index in [9.17, 15) is 4.79 Å². The van der Waals surface area contributed by atoms with Crippen LogP contribution in [0.3, 0.4) is 0 Å². The quantitative estimate of drug-likeness (QED) is 0.943. The first kappa shape index (κ1) is 13.5. The molecule has 96 valence electrons. The number of carboxylic acid groups (broad SMARTS) is 1. The third-order valence-corrected chi connectivity index (χ3v) is 2.93. The summed E-state index contributed by atoms with van der Waals surface area (Å²) >= 11 is 11.8. The summed E-state index contributed by atoms with van der Waals surface area (Å²) in [6.45, 7) is -0.205. The van der Waals surface area contributed by atoms with Crippen molar-refractivity contribution in [2.24, 2.45) is 0 Å². The van der Waals surface area contributed by atoms with Crippen molar-refractivity contribution in [3.8, 4) is 17.2 Å². The first-order valence-electron chi connectivity index (χ1n) is 5.27. The molecule has 1 aromatic heterocycles. The van der Waals surface area contributed by atoms with Crippen LogP contribution >= 0.6 is 23.2 Å². The zero-order chi connectivity index (χ0) is 14.0. The highest BCUT2D eigenvalue weighted by Gasteiger charge is 2.11. The molecule has 0 bridgehead atoms. The molecule has 2 aromatic rings. The predicted molar refractivity (Wildman–Crippen MR) is 72.2 cm³/mol. The minimum atomic E-state index is -0.977. The lowest BCUT2D eigenvalue weighted by Crippen LogP contribution is -2.06. The number of halogens is 2. The lowest BCUT2D eigenvalue weighted by Gasteiger charge is -2.01. The lowest BCUT2D eigenvalue weighted by molar-refractivity contribution is -0.137. The number of rotatable bonds is 3. The van der Waals surface area contributed by atoms with Gasteiger partial charge in [0.05, 0.1) is 5.56 Å². The molecule has 0 fully saturated rings. The Morgan fingerprint density at radius 3 is 2.42 bits per heavy atom. The topological polar surface area (TPSA) is 66.0 Å². The molecule has 0 atom stereocenters. The van der Waals surface area contributed by atoms with Crippen molar-refractivity contribution < 1.29 is 9.90 Å². The molecule has 19 heavy (non-hydrogen) atoms. The van der Waals surface area contributed by atoms with E-state index in [1.54, 1.807) is 24.4 Å². The fourth-order valence-corrected chi connectivity index (χ4v) is 2.31. The summed E-state index contributed by atoms with van der Waals surface area (Å²) in [4.78, 5) is 10.7. The van der Waals surface area contributed by atoms with Crippen molar-refractivity contribution in [1.29, 1.82) is 5.26 Å². The fourth-order valence-electron chi connectivity index (χ4n) is 1.78. The van der Waals surface area contributed by atoms with Gasteiger partial charge in [-0.25, -0.2) is 0 Å². The SMILES string of the molecule is N#Cc1cn(CC(=O)O)cc1-c1cc(Cl)cc(Cl)c1. The highest BCUT2D eigenvalue weighted by Crippen LogP contribution is 2.30. The maximum absolute atomic E-state index is 10.7. The third kappa shape index (κ3) is 3.08. The van der Waals surface area contributed by atoms with Crippen LogP contribution in [-0.2, 0) is 11.3 Å². The molecular formula is C13H8Cl2N2O2.